The minimum absolute atomic E-state index is 0.0145. The van der Waals surface area contributed by atoms with Crippen LogP contribution in [0.1, 0.15) is 61.0 Å². The molecule has 368 valence electrons. The number of nitriles is 1. The molecule has 2 saturated heterocycles. The molecule has 0 radical (unpaired) electrons. The maximum Gasteiger partial charge on any atom is 0.416 e. The number of amides is 2. The molecule has 2 fully saturated rings. The molecular formula is C48H49ClF3N9O8S. The number of hydrogen-bond acceptors (Lipinski definition) is 13. The number of nitrogens with one attached hydrogen (secondary N) is 3. The molecule has 0 spiro atoms. The van der Waals surface area contributed by atoms with Crippen LogP contribution >= 0.6 is 11.6 Å². The Balaban J connectivity index is 0.989. The topological polar surface area (TPSA) is 216 Å². The van der Waals surface area contributed by atoms with E-state index in [1.807, 2.05) is 10.8 Å². The summed E-state index contributed by atoms with van der Waals surface area (Å²) in [5.74, 6) is -1.15. The predicted molar refractivity (Wildman–Crippen MR) is 255 cm³/mol. The Morgan fingerprint density at radius 1 is 1.07 bits per heavy atom. The number of hydrogen-bond donors (Lipinski definition) is 3. The van der Waals surface area contributed by atoms with Gasteiger partial charge in [0.2, 0.25) is 5.91 Å². The Kier molecular flexibility index (Phi) is 14.4. The zero-order valence-electron chi connectivity index (χ0n) is 38.1. The molecule has 2 amide bonds. The predicted octanol–water partition coefficient (Wildman–Crippen LogP) is 8.39. The van der Waals surface area contributed by atoms with Gasteiger partial charge >= 0.3 is 6.18 Å². The molecule has 5 aromatic rings. The third-order valence-electron chi connectivity index (χ3n) is 12.7. The van der Waals surface area contributed by atoms with Crippen LogP contribution < -0.4 is 19.7 Å². The second kappa shape index (κ2) is 20.3. The molecule has 3 N–H and O–H groups in total. The molecule has 2 aliphatic heterocycles. The van der Waals surface area contributed by atoms with Crippen LogP contribution in [0, 0.1) is 26.9 Å². The first-order chi connectivity index (χ1) is 33.3. The number of rotatable bonds is 14. The normalized spacial score (nSPS) is 17.8. The summed E-state index contributed by atoms with van der Waals surface area (Å²) in [6.07, 6.45) is 0.143. The van der Waals surface area contributed by atoms with Gasteiger partial charge in [0.1, 0.15) is 29.3 Å². The Bertz CT molecular complexity index is 3020. The number of anilines is 2. The van der Waals surface area contributed by atoms with E-state index in [4.69, 9.17) is 26.3 Å². The van der Waals surface area contributed by atoms with Gasteiger partial charge in [0.25, 0.3) is 21.6 Å². The summed E-state index contributed by atoms with van der Waals surface area (Å²) in [4.78, 5) is 50.3. The second-order valence-corrected chi connectivity index (χ2v) is 20.3. The number of carbonyl (C=O) groups excluding carboxylic acids is 2. The summed E-state index contributed by atoms with van der Waals surface area (Å²) in [7, 11) is -4.71. The van der Waals surface area contributed by atoms with Crippen molar-refractivity contribution in [2.45, 2.75) is 56.7 Å². The maximum atomic E-state index is 14.0. The van der Waals surface area contributed by atoms with Gasteiger partial charge in [0.15, 0.2) is 0 Å². The Hall–Kier alpha value is -6.73. The summed E-state index contributed by atoms with van der Waals surface area (Å²) in [5, 5.41) is 24.8. The third kappa shape index (κ3) is 11.5. The fourth-order valence-corrected chi connectivity index (χ4v) is 10.2. The average molecular weight is 1000 g/mol. The molecule has 17 nitrogen and oxygen atoms in total. The number of piperazine rings is 1. The minimum Gasteiger partial charge on any atom is -0.455 e. The van der Waals surface area contributed by atoms with Gasteiger partial charge in [-0.3, -0.25) is 24.6 Å². The highest BCUT2D eigenvalue weighted by Crippen LogP contribution is 2.46. The quantitative estimate of drug-likeness (QED) is 0.0705. The smallest absolute Gasteiger partial charge is 0.416 e. The largest absolute Gasteiger partial charge is 0.455 e. The number of nitro groups is 1. The average Bonchev–Trinajstić information content (AvgIpc) is 3.79. The molecular weight excluding hydrogens is 955 g/mol. The van der Waals surface area contributed by atoms with E-state index < -0.39 is 49.3 Å². The minimum atomic E-state index is -4.71. The highest BCUT2D eigenvalue weighted by Gasteiger charge is 2.34. The van der Waals surface area contributed by atoms with E-state index in [9.17, 15) is 41.3 Å². The number of fused-ring (bicyclic) bond motifs is 1. The molecule has 1 atom stereocenters. The number of pyridine rings is 1. The number of halogens is 4. The van der Waals surface area contributed by atoms with Gasteiger partial charge < -0.3 is 29.6 Å². The van der Waals surface area contributed by atoms with E-state index >= 15 is 0 Å². The first kappa shape index (κ1) is 49.7. The number of H-pyrrole nitrogens is 1. The molecule has 2 aromatic heterocycles. The number of nitro benzene ring substituents is 1. The van der Waals surface area contributed by atoms with E-state index in [-0.39, 0.29) is 65.2 Å². The van der Waals surface area contributed by atoms with Crippen LogP contribution in [0.25, 0.3) is 16.6 Å². The number of benzene rings is 3. The van der Waals surface area contributed by atoms with E-state index in [2.05, 4.69) is 38.9 Å². The SMILES string of the molecule is CC1(C)CCC(CN2CCN(c3ccc(C(=O)NS(=O)(=O)c4ccc(NCC5CN(C(=O)CC#N)CCO5)c([N+](=O)[O-])c4)c(Oc4cnc5[nH]ccc5c4)c3)CC2)=C(c2ccc(C(F)(F)F)cc2Cl)C1. The van der Waals surface area contributed by atoms with E-state index in [0.717, 1.165) is 53.6 Å². The molecule has 70 heavy (non-hydrogen) atoms. The van der Waals surface area contributed by atoms with Crippen molar-refractivity contribution in [1.82, 2.24) is 24.5 Å². The molecule has 1 unspecified atom stereocenters. The third-order valence-corrected chi connectivity index (χ3v) is 14.4. The van der Waals surface area contributed by atoms with Crippen molar-refractivity contribution < 1.29 is 45.6 Å². The molecule has 0 saturated carbocycles. The fraction of sp³-hybridized carbons (Fsp3) is 0.375. The monoisotopic (exact) mass is 1000 g/mol. The number of ether oxygens (including phenoxy) is 2. The van der Waals surface area contributed by atoms with Crippen LogP contribution in [0.4, 0.5) is 30.2 Å². The Morgan fingerprint density at radius 2 is 1.86 bits per heavy atom. The lowest BCUT2D eigenvalue weighted by Crippen LogP contribution is -2.47. The molecule has 22 heteroatoms. The van der Waals surface area contributed by atoms with Crippen molar-refractivity contribution in [1.29, 1.82) is 5.26 Å². The molecule has 0 bridgehead atoms. The molecule has 8 rings (SSSR count). The zero-order valence-corrected chi connectivity index (χ0v) is 39.7. The summed E-state index contributed by atoms with van der Waals surface area (Å²) in [5.41, 5.74) is 2.37. The van der Waals surface area contributed by atoms with Crippen LogP contribution in [0.5, 0.6) is 11.5 Å². The van der Waals surface area contributed by atoms with Gasteiger partial charge in [0.05, 0.1) is 45.9 Å². The van der Waals surface area contributed by atoms with E-state index in [1.165, 1.54) is 29.3 Å². The van der Waals surface area contributed by atoms with Crippen molar-refractivity contribution >= 4 is 67.1 Å². The van der Waals surface area contributed by atoms with Crippen molar-refractivity contribution in [3.63, 3.8) is 0 Å². The number of carbonyl (C=O) groups is 2. The number of aromatic amines is 1. The fourth-order valence-electron chi connectivity index (χ4n) is 8.93. The number of morpholine rings is 1. The second-order valence-electron chi connectivity index (χ2n) is 18.2. The molecule has 4 heterocycles. The number of alkyl halides is 3. The maximum absolute atomic E-state index is 14.0. The van der Waals surface area contributed by atoms with Crippen LogP contribution in [0.3, 0.4) is 0 Å². The number of sulfonamides is 1. The Labute approximate surface area is 406 Å². The van der Waals surface area contributed by atoms with Crippen molar-refractivity contribution in [2.24, 2.45) is 5.41 Å². The number of nitrogens with zero attached hydrogens (tertiary/aromatic N) is 6. The summed E-state index contributed by atoms with van der Waals surface area (Å²) in [6, 6.07) is 16.7. The van der Waals surface area contributed by atoms with Gasteiger partial charge in [-0.2, -0.15) is 18.4 Å². The zero-order chi connectivity index (χ0) is 50.0. The van der Waals surface area contributed by atoms with Crippen molar-refractivity contribution in [2.75, 3.05) is 69.2 Å². The van der Waals surface area contributed by atoms with E-state index in [1.54, 1.807) is 30.5 Å². The summed E-state index contributed by atoms with van der Waals surface area (Å²) >= 11 is 6.53. The van der Waals surface area contributed by atoms with Crippen LogP contribution in [0.15, 0.2) is 89.6 Å². The lowest BCUT2D eigenvalue weighted by molar-refractivity contribution is -0.384. The van der Waals surface area contributed by atoms with Gasteiger partial charge in [-0.25, -0.2) is 18.1 Å². The summed E-state index contributed by atoms with van der Waals surface area (Å²) in [6.45, 7) is 7.94. The van der Waals surface area contributed by atoms with Crippen LogP contribution in [0.2, 0.25) is 5.02 Å². The van der Waals surface area contributed by atoms with Crippen LogP contribution in [-0.4, -0.2) is 110 Å². The molecule has 1 aliphatic carbocycles. The van der Waals surface area contributed by atoms with Gasteiger partial charge in [-0.1, -0.05) is 37.1 Å². The first-order valence-electron chi connectivity index (χ1n) is 22.4. The number of allylic oxidation sites excluding steroid dienone is 1. The van der Waals surface area contributed by atoms with Crippen molar-refractivity contribution in [3.8, 4) is 17.6 Å². The molecule has 3 aliphatic rings. The van der Waals surface area contributed by atoms with Gasteiger partial charge in [-0.05, 0) is 84.3 Å². The summed E-state index contributed by atoms with van der Waals surface area (Å²) < 4.78 is 82.0. The van der Waals surface area contributed by atoms with Gasteiger partial charge in [-0.15, -0.1) is 0 Å². The lowest BCUT2D eigenvalue weighted by Gasteiger charge is -2.39. The van der Waals surface area contributed by atoms with Gasteiger partial charge in [0, 0.05) is 86.8 Å². The standard InChI is InChI=1S/C48H49ClF3N9O8S/c1-47(2)12-9-31(39(25-47)37-6-3-32(22-40(37)49)48(50,51)52)28-58-15-17-59(18-16-58)33-4-7-38(43(23-33)69-34-21-30-11-14-54-45(30)56-26-34)46(63)57-70(66,67)36-5-8-41(42(24-36)61(64)65)55-27-35-29-60(19-20-68-35)44(62)10-13-53/h3-8,11,14,21-24,26,35,55H,9-10,12,15-20,25,27-29H2,1-2H3,(H,54,56)(H,57,63). The highest BCUT2D eigenvalue weighted by molar-refractivity contribution is 7.90. The number of aromatic nitrogens is 2. The first-order valence-corrected chi connectivity index (χ1v) is 24.3. The highest BCUT2D eigenvalue weighted by atomic mass is 35.5. The molecule has 3 aromatic carbocycles. The Morgan fingerprint density at radius 3 is 2.59 bits per heavy atom. The van der Waals surface area contributed by atoms with E-state index in [0.29, 0.717) is 62.6 Å². The lowest BCUT2D eigenvalue weighted by atomic mass is 9.72. The van der Waals surface area contributed by atoms with Crippen molar-refractivity contribution in [3.05, 3.63) is 117 Å². The van der Waals surface area contributed by atoms with Crippen LogP contribution in [-0.2, 0) is 25.7 Å².